The van der Waals surface area contributed by atoms with Crippen molar-refractivity contribution in [3.8, 4) is 0 Å². The Labute approximate surface area is 186 Å². The lowest BCUT2D eigenvalue weighted by Crippen LogP contribution is -2.12. The van der Waals surface area contributed by atoms with Crippen molar-refractivity contribution in [2.75, 3.05) is 13.2 Å². The molecule has 0 bridgehead atoms. The van der Waals surface area contributed by atoms with E-state index in [2.05, 4.69) is 19.1 Å². The third-order valence-corrected chi connectivity index (χ3v) is 6.05. The predicted octanol–water partition coefficient (Wildman–Crippen LogP) is 5.02. The molecular formula is C26H38O5. The minimum absolute atomic E-state index is 0.0601. The van der Waals surface area contributed by atoms with E-state index in [4.69, 9.17) is 9.84 Å². The molecule has 0 spiro atoms. The van der Waals surface area contributed by atoms with Crippen LogP contribution < -0.4 is 0 Å². The lowest BCUT2D eigenvalue weighted by atomic mass is 9.85. The molecule has 0 aromatic heterocycles. The summed E-state index contributed by atoms with van der Waals surface area (Å²) >= 11 is 0. The Balaban J connectivity index is 1.82. The summed E-state index contributed by atoms with van der Waals surface area (Å²) < 4.78 is 4.84. The van der Waals surface area contributed by atoms with Gasteiger partial charge in [-0.3, -0.25) is 9.59 Å². The summed E-state index contributed by atoms with van der Waals surface area (Å²) in [7, 11) is 0. The summed E-state index contributed by atoms with van der Waals surface area (Å²) in [6.07, 6.45) is 12.1. The van der Waals surface area contributed by atoms with Crippen LogP contribution >= 0.6 is 0 Å². The van der Waals surface area contributed by atoms with Crippen LogP contribution in [0.5, 0.6) is 0 Å². The van der Waals surface area contributed by atoms with Gasteiger partial charge in [0.1, 0.15) is 12.4 Å². The molecule has 3 atom stereocenters. The maximum Gasteiger partial charge on any atom is 0.305 e. The van der Waals surface area contributed by atoms with Crippen LogP contribution in [0.1, 0.15) is 94.3 Å². The number of ketones is 1. The molecule has 0 radical (unpaired) electrons. The molecule has 0 aliphatic heterocycles. The number of carbonyl (C=O) groups is 2. The lowest BCUT2D eigenvalue weighted by molar-refractivity contribution is -0.144. The number of ether oxygens (including phenoxy) is 1. The molecule has 1 fully saturated rings. The van der Waals surface area contributed by atoms with Gasteiger partial charge in [-0.05, 0) is 49.1 Å². The average Bonchev–Trinajstić information content (AvgIpc) is 3.15. The highest BCUT2D eigenvalue weighted by Crippen LogP contribution is 2.39. The maximum absolute atomic E-state index is 12.5. The van der Waals surface area contributed by atoms with E-state index in [0.717, 1.165) is 62.5 Å². The highest BCUT2D eigenvalue weighted by atomic mass is 16.5. The number of unbranched alkanes of at least 4 members (excludes halogenated alkanes) is 3. The fourth-order valence-corrected chi connectivity index (χ4v) is 4.29. The molecule has 2 N–H and O–H groups in total. The first-order valence-corrected chi connectivity index (χ1v) is 11.8. The van der Waals surface area contributed by atoms with Crippen LogP contribution in [0.15, 0.2) is 36.4 Å². The number of hydrogen-bond acceptors (Lipinski definition) is 5. The minimum Gasteiger partial charge on any atom is -0.463 e. The van der Waals surface area contributed by atoms with Crippen LogP contribution in [0.25, 0.3) is 0 Å². The van der Waals surface area contributed by atoms with Crippen LogP contribution in [0.2, 0.25) is 0 Å². The van der Waals surface area contributed by atoms with Crippen LogP contribution in [-0.2, 0) is 14.3 Å². The molecule has 0 unspecified atom stereocenters. The van der Waals surface area contributed by atoms with Crippen molar-refractivity contribution >= 4 is 11.8 Å². The highest BCUT2D eigenvalue weighted by Gasteiger charge is 2.34. The monoisotopic (exact) mass is 430 g/mol. The van der Waals surface area contributed by atoms with Crippen molar-refractivity contribution in [3.63, 3.8) is 0 Å². The Morgan fingerprint density at radius 1 is 1.19 bits per heavy atom. The molecule has 31 heavy (non-hydrogen) atoms. The first kappa shape index (κ1) is 25.3. The second kappa shape index (κ2) is 14.2. The number of carbonyl (C=O) groups excluding carboxylic acids is 2. The Hall–Kier alpha value is -1.98. The number of benzene rings is 1. The molecule has 5 nitrogen and oxygen atoms in total. The zero-order chi connectivity index (χ0) is 22.5. The molecule has 0 amide bonds. The van der Waals surface area contributed by atoms with E-state index in [1.165, 1.54) is 0 Å². The summed E-state index contributed by atoms with van der Waals surface area (Å²) in [4.78, 5) is 23.9. The van der Waals surface area contributed by atoms with Gasteiger partial charge in [0.2, 0.25) is 0 Å². The van der Waals surface area contributed by atoms with Crippen molar-refractivity contribution in [2.45, 2.75) is 83.2 Å². The third-order valence-electron chi connectivity index (χ3n) is 6.05. The van der Waals surface area contributed by atoms with Crippen molar-refractivity contribution < 1.29 is 24.5 Å². The summed E-state index contributed by atoms with van der Waals surface area (Å²) in [5.41, 5.74) is 1.98. The molecule has 1 aliphatic rings. The van der Waals surface area contributed by atoms with Crippen molar-refractivity contribution in [1.82, 2.24) is 0 Å². The number of allylic oxidation sites excluding steroid dienone is 2. The zero-order valence-corrected chi connectivity index (χ0v) is 18.8. The van der Waals surface area contributed by atoms with Gasteiger partial charge in [0, 0.05) is 18.8 Å². The average molecular weight is 431 g/mol. The summed E-state index contributed by atoms with van der Waals surface area (Å²) in [6.45, 7) is 2.07. The second-order valence-corrected chi connectivity index (χ2v) is 8.46. The largest absolute Gasteiger partial charge is 0.463 e. The third kappa shape index (κ3) is 8.58. The molecule has 1 saturated carbocycles. The standard InChI is InChI=1S/C26H38O5/c1-2-3-6-10-23(28)20-12-14-22(15-13-20)26-21(16-17-24(26)29)9-7-4-5-8-11-25(30)31-19-18-27/h4,7,12-15,21,23,26-28H,2-3,5-6,8-11,16-19H2,1H3/b7-4+/t21-,23+,26-/m0/s1. The van der Waals surface area contributed by atoms with Gasteiger partial charge in [-0.1, -0.05) is 62.6 Å². The SMILES string of the molecule is CCCCC[C@@H](O)c1ccc([C@H]2C(=O)CC[C@@H]2C/C=C/CCCC(=O)OCCO)cc1. The number of hydrogen-bond donors (Lipinski definition) is 2. The quantitative estimate of drug-likeness (QED) is 0.246. The van der Waals surface area contributed by atoms with Crippen molar-refractivity contribution in [1.29, 1.82) is 0 Å². The Morgan fingerprint density at radius 3 is 2.68 bits per heavy atom. The van der Waals surface area contributed by atoms with Crippen LogP contribution in [0.4, 0.5) is 0 Å². The molecule has 0 saturated heterocycles. The summed E-state index contributed by atoms with van der Waals surface area (Å²) in [5.74, 6) is 0.270. The van der Waals surface area contributed by atoms with Gasteiger partial charge in [0.15, 0.2) is 0 Å². The van der Waals surface area contributed by atoms with Gasteiger partial charge in [-0.15, -0.1) is 0 Å². The number of rotatable bonds is 14. The van der Waals surface area contributed by atoms with Gasteiger partial charge in [0.05, 0.1) is 12.7 Å². The fourth-order valence-electron chi connectivity index (χ4n) is 4.29. The minimum atomic E-state index is -0.431. The van der Waals surface area contributed by atoms with Crippen LogP contribution in [0, 0.1) is 5.92 Å². The number of aliphatic hydroxyl groups is 2. The predicted molar refractivity (Wildman–Crippen MR) is 122 cm³/mol. The lowest BCUT2D eigenvalue weighted by Gasteiger charge is -2.18. The van der Waals surface area contributed by atoms with Gasteiger partial charge in [0.25, 0.3) is 0 Å². The van der Waals surface area contributed by atoms with E-state index in [1.807, 2.05) is 24.3 Å². The Morgan fingerprint density at radius 2 is 1.97 bits per heavy atom. The first-order valence-electron chi connectivity index (χ1n) is 11.8. The van der Waals surface area contributed by atoms with Gasteiger partial charge >= 0.3 is 5.97 Å². The normalized spacial score (nSPS) is 19.8. The van der Waals surface area contributed by atoms with E-state index >= 15 is 0 Å². The van der Waals surface area contributed by atoms with Crippen LogP contribution in [0.3, 0.4) is 0 Å². The Bertz CT molecular complexity index is 694. The summed E-state index contributed by atoms with van der Waals surface area (Å²) in [5, 5.41) is 19.0. The van der Waals surface area contributed by atoms with E-state index < -0.39 is 6.10 Å². The number of Topliss-reactive ketones (excluding diaryl/α,β-unsaturated/α-hetero) is 1. The van der Waals surface area contributed by atoms with E-state index in [9.17, 15) is 14.7 Å². The van der Waals surface area contributed by atoms with Crippen LogP contribution in [-0.4, -0.2) is 35.2 Å². The summed E-state index contributed by atoms with van der Waals surface area (Å²) in [6, 6.07) is 7.97. The molecule has 1 aromatic rings. The van der Waals surface area contributed by atoms with Gasteiger partial charge < -0.3 is 14.9 Å². The van der Waals surface area contributed by atoms with E-state index in [1.54, 1.807) is 0 Å². The molecule has 1 aliphatic carbocycles. The first-order chi connectivity index (χ1) is 15.1. The highest BCUT2D eigenvalue weighted by molar-refractivity contribution is 5.88. The van der Waals surface area contributed by atoms with Crippen molar-refractivity contribution in [2.24, 2.45) is 5.92 Å². The van der Waals surface area contributed by atoms with E-state index in [-0.39, 0.29) is 25.1 Å². The fraction of sp³-hybridized carbons (Fsp3) is 0.615. The van der Waals surface area contributed by atoms with Gasteiger partial charge in [-0.2, -0.15) is 0 Å². The maximum atomic E-state index is 12.5. The molecule has 0 heterocycles. The van der Waals surface area contributed by atoms with Crippen molar-refractivity contribution in [3.05, 3.63) is 47.5 Å². The zero-order valence-electron chi connectivity index (χ0n) is 18.8. The molecule has 5 heteroatoms. The van der Waals surface area contributed by atoms with E-state index in [0.29, 0.717) is 24.5 Å². The number of aliphatic hydroxyl groups excluding tert-OH is 2. The van der Waals surface area contributed by atoms with Gasteiger partial charge in [-0.25, -0.2) is 0 Å². The molecule has 1 aromatic carbocycles. The molecule has 172 valence electrons. The second-order valence-electron chi connectivity index (χ2n) is 8.46. The Kier molecular flexibility index (Phi) is 11.5. The topological polar surface area (TPSA) is 83.8 Å². The number of esters is 1. The molecule has 2 rings (SSSR count). The smallest absolute Gasteiger partial charge is 0.305 e. The molecular weight excluding hydrogens is 392 g/mol.